The molecule has 0 bridgehead atoms. The van der Waals surface area contributed by atoms with Gasteiger partial charge in [-0.1, -0.05) is 6.07 Å². The summed E-state index contributed by atoms with van der Waals surface area (Å²) in [4.78, 5) is 43.2. The molecule has 0 spiro atoms. The summed E-state index contributed by atoms with van der Waals surface area (Å²) in [6, 6.07) is 9.38. The summed E-state index contributed by atoms with van der Waals surface area (Å²) in [5.41, 5.74) is 0.727. The third-order valence-corrected chi connectivity index (χ3v) is 4.57. The first-order valence-corrected chi connectivity index (χ1v) is 8.77. The number of nitrogens with zero attached hydrogens (tertiary/aromatic N) is 4. The molecule has 1 aromatic carbocycles. The van der Waals surface area contributed by atoms with Crippen molar-refractivity contribution < 1.29 is 19.2 Å². The Morgan fingerprint density at radius 2 is 1.86 bits per heavy atom. The zero-order chi connectivity index (χ0) is 20.1. The summed E-state index contributed by atoms with van der Waals surface area (Å²) in [5, 5.41) is 11.1. The van der Waals surface area contributed by atoms with Gasteiger partial charge in [0.1, 0.15) is 0 Å². The second-order valence-corrected chi connectivity index (χ2v) is 6.41. The molecular weight excluding hydrogens is 364 g/mol. The van der Waals surface area contributed by atoms with E-state index in [9.17, 15) is 19.7 Å². The van der Waals surface area contributed by atoms with Crippen LogP contribution in [-0.2, 0) is 11.3 Å². The van der Waals surface area contributed by atoms with Crippen LogP contribution in [0.15, 0.2) is 42.6 Å². The van der Waals surface area contributed by atoms with Crippen LogP contribution in [-0.4, -0.2) is 64.9 Å². The van der Waals surface area contributed by atoms with Gasteiger partial charge < -0.3 is 9.64 Å². The molecule has 0 saturated carbocycles. The van der Waals surface area contributed by atoms with Crippen molar-refractivity contribution in [1.29, 1.82) is 0 Å². The average Bonchev–Trinajstić information content (AvgIpc) is 2.73. The van der Waals surface area contributed by atoms with Crippen LogP contribution < -0.4 is 0 Å². The largest absolute Gasteiger partial charge is 0.465 e. The maximum Gasteiger partial charge on any atom is 0.338 e. The Balaban J connectivity index is 1.70. The van der Waals surface area contributed by atoms with Crippen molar-refractivity contribution in [2.24, 2.45) is 0 Å². The number of carbonyl (C=O) groups is 2. The van der Waals surface area contributed by atoms with Crippen LogP contribution in [0.25, 0.3) is 0 Å². The molecule has 0 radical (unpaired) electrons. The van der Waals surface area contributed by atoms with Crippen LogP contribution in [0.2, 0.25) is 0 Å². The average molecular weight is 384 g/mol. The summed E-state index contributed by atoms with van der Waals surface area (Å²) in [6.07, 6.45) is 1.75. The van der Waals surface area contributed by atoms with Crippen LogP contribution in [0.5, 0.6) is 0 Å². The van der Waals surface area contributed by atoms with E-state index in [1.807, 2.05) is 18.2 Å². The van der Waals surface area contributed by atoms with Crippen molar-refractivity contribution in [1.82, 2.24) is 14.8 Å². The minimum atomic E-state index is -0.724. The number of carbonyl (C=O) groups excluding carboxylic acids is 2. The zero-order valence-corrected chi connectivity index (χ0v) is 15.4. The second-order valence-electron chi connectivity index (χ2n) is 6.41. The van der Waals surface area contributed by atoms with E-state index in [1.165, 1.54) is 19.2 Å². The van der Waals surface area contributed by atoms with Crippen LogP contribution in [0.1, 0.15) is 26.4 Å². The molecule has 9 heteroatoms. The Bertz CT molecular complexity index is 879. The number of aromatic nitrogens is 1. The smallest absolute Gasteiger partial charge is 0.338 e. The Morgan fingerprint density at radius 1 is 1.14 bits per heavy atom. The summed E-state index contributed by atoms with van der Waals surface area (Å²) >= 11 is 0. The van der Waals surface area contributed by atoms with Gasteiger partial charge in [-0.2, -0.15) is 0 Å². The summed E-state index contributed by atoms with van der Waals surface area (Å²) in [7, 11) is 1.18. The van der Waals surface area contributed by atoms with Gasteiger partial charge >= 0.3 is 5.97 Å². The van der Waals surface area contributed by atoms with Crippen LogP contribution in [0.4, 0.5) is 5.69 Å². The first kappa shape index (κ1) is 19.4. The van der Waals surface area contributed by atoms with Crippen LogP contribution in [0, 0.1) is 10.1 Å². The molecule has 0 N–H and O–H groups in total. The molecular formula is C19H20N4O5. The van der Waals surface area contributed by atoms with Gasteiger partial charge in [-0.05, 0) is 18.2 Å². The number of benzene rings is 1. The van der Waals surface area contributed by atoms with E-state index in [2.05, 4.69) is 14.6 Å². The summed E-state index contributed by atoms with van der Waals surface area (Å²) in [5.74, 6) is -1.07. The molecule has 2 heterocycles. The van der Waals surface area contributed by atoms with Crippen molar-refractivity contribution in [3.05, 3.63) is 69.5 Å². The van der Waals surface area contributed by atoms with E-state index in [4.69, 9.17) is 0 Å². The van der Waals surface area contributed by atoms with E-state index in [0.29, 0.717) is 32.7 Å². The van der Waals surface area contributed by atoms with Crippen molar-refractivity contribution in [3.8, 4) is 0 Å². The Hall–Kier alpha value is -3.33. The normalized spacial score (nSPS) is 14.5. The predicted octanol–water partition coefficient (Wildman–Crippen LogP) is 1.73. The lowest BCUT2D eigenvalue weighted by molar-refractivity contribution is -0.384. The molecule has 0 unspecified atom stereocenters. The van der Waals surface area contributed by atoms with E-state index in [0.717, 1.165) is 11.8 Å². The lowest BCUT2D eigenvalue weighted by atomic mass is 10.1. The van der Waals surface area contributed by atoms with Gasteiger partial charge in [-0.15, -0.1) is 0 Å². The Kier molecular flexibility index (Phi) is 5.95. The number of methoxy groups -OCH3 is 1. The topological polar surface area (TPSA) is 106 Å². The number of nitro groups is 1. The maximum atomic E-state index is 12.8. The molecule has 1 amide bonds. The highest BCUT2D eigenvalue weighted by Gasteiger charge is 2.25. The SMILES string of the molecule is COC(=O)c1cc(C(=O)N2CCN(Cc3ccccn3)CC2)cc([N+](=O)[O-])c1. The van der Waals surface area contributed by atoms with Crippen LogP contribution >= 0.6 is 0 Å². The number of hydrogen-bond acceptors (Lipinski definition) is 7. The van der Waals surface area contributed by atoms with Gasteiger partial charge in [0.25, 0.3) is 11.6 Å². The van der Waals surface area contributed by atoms with Gasteiger partial charge in [0, 0.05) is 56.6 Å². The van der Waals surface area contributed by atoms with Crippen molar-refractivity contribution in [3.63, 3.8) is 0 Å². The number of nitro benzene ring substituents is 1. The van der Waals surface area contributed by atoms with Crippen molar-refractivity contribution in [2.45, 2.75) is 6.54 Å². The molecule has 1 fully saturated rings. The Morgan fingerprint density at radius 3 is 2.46 bits per heavy atom. The first-order chi connectivity index (χ1) is 13.5. The second kappa shape index (κ2) is 8.57. The number of esters is 1. The van der Waals surface area contributed by atoms with E-state index < -0.39 is 10.9 Å². The molecule has 0 atom stereocenters. The number of pyridine rings is 1. The lowest BCUT2D eigenvalue weighted by Crippen LogP contribution is -2.48. The fourth-order valence-electron chi connectivity index (χ4n) is 3.09. The predicted molar refractivity (Wildman–Crippen MR) is 99.9 cm³/mol. The first-order valence-electron chi connectivity index (χ1n) is 8.77. The van der Waals surface area contributed by atoms with Gasteiger partial charge in [-0.25, -0.2) is 4.79 Å². The molecule has 146 valence electrons. The van der Waals surface area contributed by atoms with Crippen molar-refractivity contribution >= 4 is 17.6 Å². The van der Waals surface area contributed by atoms with Gasteiger partial charge in [-0.3, -0.25) is 24.8 Å². The number of amides is 1. The Labute approximate surface area is 161 Å². The van der Waals surface area contributed by atoms with Gasteiger partial charge in [0.05, 0.1) is 23.3 Å². The zero-order valence-electron chi connectivity index (χ0n) is 15.4. The highest BCUT2D eigenvalue weighted by molar-refractivity contribution is 5.99. The fraction of sp³-hybridized carbons (Fsp3) is 0.316. The van der Waals surface area contributed by atoms with Gasteiger partial charge in [0.2, 0.25) is 0 Å². The van der Waals surface area contributed by atoms with E-state index in [1.54, 1.807) is 11.1 Å². The van der Waals surface area contributed by atoms with E-state index >= 15 is 0 Å². The molecule has 3 rings (SSSR count). The van der Waals surface area contributed by atoms with Gasteiger partial charge in [0.15, 0.2) is 0 Å². The molecule has 1 saturated heterocycles. The molecule has 28 heavy (non-hydrogen) atoms. The molecule has 2 aromatic rings. The summed E-state index contributed by atoms with van der Waals surface area (Å²) < 4.78 is 4.62. The molecule has 1 aliphatic heterocycles. The molecule has 1 aliphatic rings. The third-order valence-electron chi connectivity index (χ3n) is 4.57. The number of non-ortho nitro benzene ring substituents is 1. The standard InChI is InChI=1S/C19H20N4O5/c1-28-19(25)15-10-14(11-17(12-15)23(26)27)18(24)22-8-6-21(7-9-22)13-16-4-2-3-5-20-16/h2-5,10-12H,6-9,13H2,1H3. The molecule has 1 aromatic heterocycles. The maximum absolute atomic E-state index is 12.8. The monoisotopic (exact) mass is 384 g/mol. The fourth-order valence-corrected chi connectivity index (χ4v) is 3.09. The van der Waals surface area contributed by atoms with Crippen LogP contribution in [0.3, 0.4) is 0 Å². The number of hydrogen-bond donors (Lipinski definition) is 0. The minimum absolute atomic E-state index is 0.0196. The quantitative estimate of drug-likeness (QED) is 0.439. The number of rotatable bonds is 5. The van der Waals surface area contributed by atoms with Crippen molar-refractivity contribution in [2.75, 3.05) is 33.3 Å². The molecule has 0 aliphatic carbocycles. The number of piperazine rings is 1. The lowest BCUT2D eigenvalue weighted by Gasteiger charge is -2.34. The highest BCUT2D eigenvalue weighted by Crippen LogP contribution is 2.20. The number of ether oxygens (including phenoxy) is 1. The minimum Gasteiger partial charge on any atom is -0.465 e. The molecule has 9 nitrogen and oxygen atoms in total. The highest BCUT2D eigenvalue weighted by atomic mass is 16.6. The summed E-state index contributed by atoms with van der Waals surface area (Å²) in [6.45, 7) is 3.01. The third kappa shape index (κ3) is 4.49. The van der Waals surface area contributed by atoms with E-state index in [-0.39, 0.29) is 22.7 Å².